The largest absolute Gasteiger partial charge is 0.395 e. The first-order valence-corrected chi connectivity index (χ1v) is 9.41. The third-order valence-corrected chi connectivity index (χ3v) is 5.91. The highest BCUT2D eigenvalue weighted by Crippen LogP contribution is 2.43. The normalized spacial score (nSPS) is 27.8. The third-order valence-electron chi connectivity index (χ3n) is 5.91. The number of rotatable bonds is 6. The van der Waals surface area contributed by atoms with Crippen LogP contribution in [0.1, 0.15) is 36.8 Å². The lowest BCUT2D eigenvalue weighted by Crippen LogP contribution is -2.46. The van der Waals surface area contributed by atoms with Crippen molar-refractivity contribution >= 4 is 0 Å². The minimum atomic E-state index is 0.258. The average Bonchev–Trinajstić information content (AvgIpc) is 2.76. The molecule has 0 amide bonds. The Labute approximate surface area is 146 Å². The van der Waals surface area contributed by atoms with Crippen molar-refractivity contribution in [2.75, 3.05) is 46.5 Å². The summed E-state index contributed by atoms with van der Waals surface area (Å²) in [5.74, 6) is 0. The fraction of sp³-hybridized carbons (Fsp3) is 0.700. The van der Waals surface area contributed by atoms with Gasteiger partial charge in [0.15, 0.2) is 0 Å². The van der Waals surface area contributed by atoms with Gasteiger partial charge in [0.25, 0.3) is 0 Å². The van der Waals surface area contributed by atoms with Crippen molar-refractivity contribution in [3.05, 3.63) is 35.4 Å². The Bertz CT molecular complexity index is 512. The van der Waals surface area contributed by atoms with Crippen molar-refractivity contribution in [3.63, 3.8) is 0 Å². The number of benzene rings is 1. The molecule has 2 aliphatic rings. The smallest absolute Gasteiger partial charge is 0.0587 e. The lowest BCUT2D eigenvalue weighted by molar-refractivity contribution is 0.136. The third kappa shape index (κ3) is 3.99. The fourth-order valence-electron chi connectivity index (χ4n) is 4.63. The van der Waals surface area contributed by atoms with Gasteiger partial charge in [-0.05, 0) is 43.2 Å². The molecule has 1 spiro atoms. The van der Waals surface area contributed by atoms with E-state index in [1.807, 2.05) is 0 Å². The topological polar surface area (TPSA) is 44.7 Å². The van der Waals surface area contributed by atoms with E-state index in [1.165, 1.54) is 31.2 Å². The summed E-state index contributed by atoms with van der Waals surface area (Å²) in [7, 11) is 1.76. The molecule has 3 rings (SSSR count). The minimum Gasteiger partial charge on any atom is -0.395 e. The molecule has 0 bridgehead atoms. The number of β-amino-alcohol motifs (C(OH)–C–C–N with tert-alkyl or cyclic N) is 1. The Balaban J connectivity index is 1.74. The monoisotopic (exact) mass is 332 g/mol. The number of hydrogen-bond donors (Lipinski definition) is 2. The maximum Gasteiger partial charge on any atom is 0.0587 e. The number of methoxy groups -OCH3 is 1. The standard InChI is InChI=1S/C20H32N2O2/c1-24-15-11-21-18-6-9-20(10-7-18)16-22(13-14-23)12-8-17-4-2-3-5-19(17)20/h2-5,18,21,23H,6-16H2,1H3. The highest BCUT2D eigenvalue weighted by molar-refractivity contribution is 5.37. The lowest BCUT2D eigenvalue weighted by Gasteiger charge is -2.43. The van der Waals surface area contributed by atoms with E-state index in [4.69, 9.17) is 4.74 Å². The van der Waals surface area contributed by atoms with Gasteiger partial charge < -0.3 is 15.2 Å². The zero-order chi connectivity index (χ0) is 16.8. The molecule has 134 valence electrons. The molecule has 1 aliphatic carbocycles. The number of aliphatic hydroxyl groups is 1. The molecule has 0 unspecified atom stereocenters. The number of hydrogen-bond acceptors (Lipinski definition) is 4. The zero-order valence-electron chi connectivity index (χ0n) is 15.0. The molecule has 2 N–H and O–H groups in total. The summed E-state index contributed by atoms with van der Waals surface area (Å²) in [5.41, 5.74) is 3.35. The number of ether oxygens (including phenoxy) is 1. The molecule has 1 aliphatic heterocycles. The van der Waals surface area contributed by atoms with Gasteiger partial charge in [0.1, 0.15) is 0 Å². The summed E-state index contributed by atoms with van der Waals surface area (Å²) in [4.78, 5) is 2.47. The van der Waals surface area contributed by atoms with E-state index in [0.29, 0.717) is 6.04 Å². The SMILES string of the molecule is COCCNC1CCC2(CC1)CN(CCO)CCc1ccccc12. The molecule has 1 aromatic rings. The number of fused-ring (bicyclic) bond motifs is 2. The van der Waals surface area contributed by atoms with Crippen LogP contribution >= 0.6 is 0 Å². The summed E-state index contributed by atoms with van der Waals surface area (Å²) in [6, 6.07) is 9.66. The molecular weight excluding hydrogens is 300 g/mol. The van der Waals surface area contributed by atoms with Crippen LogP contribution in [0.3, 0.4) is 0 Å². The Morgan fingerprint density at radius 3 is 2.83 bits per heavy atom. The predicted octanol–water partition coefficient (Wildman–Crippen LogP) is 1.95. The molecule has 0 radical (unpaired) electrons. The number of aliphatic hydroxyl groups excluding tert-OH is 1. The van der Waals surface area contributed by atoms with E-state index >= 15 is 0 Å². The Morgan fingerprint density at radius 1 is 1.29 bits per heavy atom. The minimum absolute atomic E-state index is 0.258. The molecule has 24 heavy (non-hydrogen) atoms. The molecule has 0 saturated heterocycles. The molecular formula is C20H32N2O2. The van der Waals surface area contributed by atoms with E-state index in [0.717, 1.165) is 39.2 Å². The summed E-state index contributed by atoms with van der Waals surface area (Å²) < 4.78 is 5.15. The quantitative estimate of drug-likeness (QED) is 0.782. The van der Waals surface area contributed by atoms with Crippen LogP contribution in [-0.2, 0) is 16.6 Å². The van der Waals surface area contributed by atoms with Crippen molar-refractivity contribution in [1.29, 1.82) is 0 Å². The maximum atomic E-state index is 9.41. The molecule has 4 heteroatoms. The van der Waals surface area contributed by atoms with Crippen molar-refractivity contribution in [3.8, 4) is 0 Å². The van der Waals surface area contributed by atoms with Crippen molar-refractivity contribution < 1.29 is 9.84 Å². The lowest BCUT2D eigenvalue weighted by atomic mass is 9.67. The van der Waals surface area contributed by atoms with Gasteiger partial charge in [-0.1, -0.05) is 24.3 Å². The van der Waals surface area contributed by atoms with Gasteiger partial charge in [0.2, 0.25) is 0 Å². The van der Waals surface area contributed by atoms with Gasteiger partial charge in [0, 0.05) is 44.7 Å². The van der Waals surface area contributed by atoms with E-state index in [-0.39, 0.29) is 12.0 Å². The first-order valence-electron chi connectivity index (χ1n) is 9.41. The van der Waals surface area contributed by atoms with Crippen LogP contribution in [-0.4, -0.2) is 62.6 Å². The molecule has 1 heterocycles. The fourth-order valence-corrected chi connectivity index (χ4v) is 4.63. The van der Waals surface area contributed by atoms with Crippen molar-refractivity contribution in [1.82, 2.24) is 10.2 Å². The van der Waals surface area contributed by atoms with E-state index < -0.39 is 0 Å². The highest BCUT2D eigenvalue weighted by Gasteiger charge is 2.40. The van der Waals surface area contributed by atoms with Crippen LogP contribution in [0.25, 0.3) is 0 Å². The van der Waals surface area contributed by atoms with Crippen LogP contribution in [0.15, 0.2) is 24.3 Å². The highest BCUT2D eigenvalue weighted by atomic mass is 16.5. The zero-order valence-corrected chi connectivity index (χ0v) is 15.0. The van der Waals surface area contributed by atoms with Gasteiger partial charge >= 0.3 is 0 Å². The summed E-state index contributed by atoms with van der Waals surface area (Å²) in [6.45, 7) is 4.94. The first-order chi connectivity index (χ1) is 11.8. The Kier molecular flexibility index (Phi) is 6.28. The molecule has 0 atom stereocenters. The summed E-state index contributed by atoms with van der Waals surface area (Å²) in [6.07, 6.45) is 6.02. The van der Waals surface area contributed by atoms with Crippen molar-refractivity contribution in [2.24, 2.45) is 0 Å². The van der Waals surface area contributed by atoms with Gasteiger partial charge in [-0.3, -0.25) is 4.90 Å². The maximum absolute atomic E-state index is 9.41. The van der Waals surface area contributed by atoms with E-state index in [9.17, 15) is 5.11 Å². The molecule has 1 aromatic carbocycles. The second-order valence-corrected chi connectivity index (χ2v) is 7.41. The Hall–Kier alpha value is -0.940. The number of nitrogens with zero attached hydrogens (tertiary/aromatic N) is 1. The number of nitrogens with one attached hydrogen (secondary N) is 1. The van der Waals surface area contributed by atoms with Gasteiger partial charge in [-0.25, -0.2) is 0 Å². The van der Waals surface area contributed by atoms with Gasteiger partial charge in [-0.15, -0.1) is 0 Å². The second kappa shape index (κ2) is 8.43. The summed E-state index contributed by atoms with van der Waals surface area (Å²) >= 11 is 0. The van der Waals surface area contributed by atoms with Gasteiger partial charge in [-0.2, -0.15) is 0 Å². The Morgan fingerprint density at radius 2 is 2.08 bits per heavy atom. The van der Waals surface area contributed by atoms with E-state index in [1.54, 1.807) is 12.7 Å². The van der Waals surface area contributed by atoms with Crippen LogP contribution in [0.5, 0.6) is 0 Å². The van der Waals surface area contributed by atoms with Crippen LogP contribution in [0.2, 0.25) is 0 Å². The molecule has 1 saturated carbocycles. The second-order valence-electron chi connectivity index (χ2n) is 7.41. The van der Waals surface area contributed by atoms with Gasteiger partial charge in [0.05, 0.1) is 13.2 Å². The molecule has 4 nitrogen and oxygen atoms in total. The molecule has 1 fully saturated rings. The summed E-state index contributed by atoms with van der Waals surface area (Å²) in [5, 5.41) is 13.1. The van der Waals surface area contributed by atoms with E-state index in [2.05, 4.69) is 34.5 Å². The first kappa shape index (κ1) is 17.9. The van der Waals surface area contributed by atoms with Crippen LogP contribution in [0.4, 0.5) is 0 Å². The molecule has 0 aromatic heterocycles. The van der Waals surface area contributed by atoms with Crippen LogP contribution in [0, 0.1) is 0 Å². The average molecular weight is 332 g/mol. The predicted molar refractivity (Wildman–Crippen MR) is 97.5 cm³/mol. The van der Waals surface area contributed by atoms with Crippen LogP contribution < -0.4 is 5.32 Å². The van der Waals surface area contributed by atoms with Crippen molar-refractivity contribution in [2.45, 2.75) is 43.6 Å².